The summed E-state index contributed by atoms with van der Waals surface area (Å²) in [5, 5.41) is 6.91. The fourth-order valence-corrected chi connectivity index (χ4v) is 6.18. The molecule has 6 heterocycles. The summed E-state index contributed by atoms with van der Waals surface area (Å²) < 4.78 is 22.9. The van der Waals surface area contributed by atoms with E-state index in [0.717, 1.165) is 31.4 Å². The molecule has 41 heavy (non-hydrogen) atoms. The average molecular weight is 571 g/mol. The van der Waals surface area contributed by atoms with Crippen molar-refractivity contribution < 1.29 is 13.9 Å². The molecule has 5 aromatic rings. The van der Waals surface area contributed by atoms with Crippen molar-refractivity contribution in [3.8, 4) is 11.5 Å². The summed E-state index contributed by atoms with van der Waals surface area (Å²) >= 11 is 6.38. The van der Waals surface area contributed by atoms with E-state index in [1.54, 1.807) is 28.9 Å². The highest BCUT2D eigenvalue weighted by atomic mass is 35.5. The number of amides is 1. The van der Waals surface area contributed by atoms with Crippen LogP contribution in [-0.2, 0) is 4.79 Å². The van der Waals surface area contributed by atoms with Crippen molar-refractivity contribution in [1.82, 2.24) is 34.4 Å². The summed E-state index contributed by atoms with van der Waals surface area (Å²) in [6, 6.07) is 10.7. The Morgan fingerprint density at radius 2 is 1.93 bits per heavy atom. The number of piperidine rings is 1. The highest BCUT2D eigenvalue weighted by Gasteiger charge is 2.43. The van der Waals surface area contributed by atoms with Crippen LogP contribution in [0.4, 0.5) is 15.9 Å². The summed E-state index contributed by atoms with van der Waals surface area (Å²) in [5.41, 5.74) is 2.77. The minimum absolute atomic E-state index is 0.00389. The Kier molecular flexibility index (Phi) is 6.23. The summed E-state index contributed by atoms with van der Waals surface area (Å²) in [4.78, 5) is 32.1. The first-order chi connectivity index (χ1) is 20.0. The molecule has 206 valence electrons. The van der Waals surface area contributed by atoms with Gasteiger partial charge in [-0.3, -0.25) is 4.79 Å². The molecule has 2 aliphatic rings. The van der Waals surface area contributed by atoms with Crippen molar-refractivity contribution in [2.45, 2.75) is 43.7 Å². The molecule has 10 nitrogen and oxygen atoms in total. The molecule has 0 aliphatic carbocycles. The van der Waals surface area contributed by atoms with Gasteiger partial charge in [-0.05, 0) is 62.1 Å². The zero-order valence-corrected chi connectivity index (χ0v) is 22.5. The smallest absolute Gasteiger partial charge is 0.246 e. The zero-order valence-electron chi connectivity index (χ0n) is 21.7. The first-order valence-electron chi connectivity index (χ1n) is 13.3. The number of pyridine rings is 2. The van der Waals surface area contributed by atoms with Crippen LogP contribution in [-0.4, -0.2) is 52.4 Å². The number of ether oxygens (including phenoxy) is 1. The van der Waals surface area contributed by atoms with Crippen molar-refractivity contribution in [3.63, 3.8) is 0 Å². The summed E-state index contributed by atoms with van der Waals surface area (Å²) in [6.07, 6.45) is 9.56. The highest BCUT2D eigenvalue weighted by molar-refractivity contribution is 6.32. The van der Waals surface area contributed by atoms with Gasteiger partial charge in [0.05, 0.1) is 11.2 Å². The van der Waals surface area contributed by atoms with Gasteiger partial charge in [0.1, 0.15) is 34.7 Å². The highest BCUT2D eigenvalue weighted by Crippen LogP contribution is 2.43. The topological polar surface area (TPSA) is 110 Å². The quantitative estimate of drug-likeness (QED) is 0.254. The van der Waals surface area contributed by atoms with Crippen LogP contribution >= 0.6 is 11.6 Å². The monoisotopic (exact) mass is 570 g/mol. The van der Waals surface area contributed by atoms with E-state index in [4.69, 9.17) is 21.3 Å². The third-order valence-corrected chi connectivity index (χ3v) is 8.22. The lowest BCUT2D eigenvalue weighted by atomic mass is 9.87. The van der Waals surface area contributed by atoms with Crippen LogP contribution in [0, 0.1) is 5.82 Å². The molecule has 4 aromatic heterocycles. The van der Waals surface area contributed by atoms with E-state index in [1.165, 1.54) is 24.8 Å². The molecule has 2 unspecified atom stereocenters. The molecular formula is C29H24ClFN8O2. The maximum absolute atomic E-state index is 15.4. The van der Waals surface area contributed by atoms with Crippen molar-refractivity contribution in [3.05, 3.63) is 84.4 Å². The predicted octanol–water partition coefficient (Wildman–Crippen LogP) is 5.82. The third kappa shape index (κ3) is 4.51. The van der Waals surface area contributed by atoms with Gasteiger partial charge in [0.15, 0.2) is 17.3 Å². The molecule has 0 saturated carbocycles. The number of fused-ring (bicyclic) bond motifs is 4. The lowest BCUT2D eigenvalue weighted by Gasteiger charge is -2.38. The van der Waals surface area contributed by atoms with Crippen molar-refractivity contribution in [2.75, 3.05) is 5.32 Å². The lowest BCUT2D eigenvalue weighted by molar-refractivity contribution is -0.130. The van der Waals surface area contributed by atoms with Crippen LogP contribution in [0.25, 0.3) is 16.7 Å². The number of hydrogen-bond acceptors (Lipinski definition) is 8. The Bertz CT molecular complexity index is 1810. The van der Waals surface area contributed by atoms with Crippen molar-refractivity contribution in [1.29, 1.82) is 0 Å². The third-order valence-electron chi connectivity index (χ3n) is 7.86. The Morgan fingerprint density at radius 3 is 2.73 bits per heavy atom. The van der Waals surface area contributed by atoms with E-state index in [9.17, 15) is 4.79 Å². The van der Waals surface area contributed by atoms with Gasteiger partial charge in [-0.15, -0.1) is 0 Å². The van der Waals surface area contributed by atoms with Gasteiger partial charge >= 0.3 is 0 Å². The number of hydrogen-bond donors (Lipinski definition) is 1. The van der Waals surface area contributed by atoms with Crippen molar-refractivity contribution >= 4 is 45.7 Å². The number of nitrogens with one attached hydrogen (secondary N) is 1. The van der Waals surface area contributed by atoms with Crippen LogP contribution < -0.4 is 10.1 Å². The number of carbonyl (C=O) groups is 1. The van der Waals surface area contributed by atoms with E-state index < -0.39 is 5.82 Å². The first kappa shape index (κ1) is 25.3. The minimum atomic E-state index is -0.688. The van der Waals surface area contributed by atoms with Crippen LogP contribution in [0.3, 0.4) is 0 Å². The number of aromatic nitrogens is 6. The Hall–Kier alpha value is -4.64. The Labute approximate surface area is 238 Å². The molecule has 2 bridgehead atoms. The molecule has 1 N–H and O–H groups in total. The van der Waals surface area contributed by atoms with Crippen LogP contribution in [0.2, 0.25) is 5.02 Å². The molecule has 1 amide bonds. The van der Waals surface area contributed by atoms with Gasteiger partial charge in [0, 0.05) is 36.0 Å². The number of nitrogens with zero attached hydrogens (tertiary/aromatic N) is 7. The van der Waals surface area contributed by atoms with Gasteiger partial charge in [0.25, 0.3) is 0 Å². The number of carbonyl (C=O) groups excluding carboxylic acids is 1. The second-order valence-corrected chi connectivity index (χ2v) is 10.6. The van der Waals surface area contributed by atoms with E-state index in [2.05, 4.69) is 31.9 Å². The number of benzene rings is 1. The normalized spacial score (nSPS) is 20.0. The Morgan fingerprint density at radius 1 is 1.10 bits per heavy atom. The largest absolute Gasteiger partial charge is 0.455 e. The number of rotatable bonds is 6. The molecule has 2 atom stereocenters. The fraction of sp³-hybridized carbons (Fsp3) is 0.241. The molecule has 2 saturated heterocycles. The predicted molar refractivity (Wildman–Crippen MR) is 151 cm³/mol. The van der Waals surface area contributed by atoms with Crippen LogP contribution in [0.15, 0.2) is 67.9 Å². The minimum Gasteiger partial charge on any atom is -0.455 e. The summed E-state index contributed by atoms with van der Waals surface area (Å²) in [6.45, 7) is 3.66. The molecule has 0 spiro atoms. The summed E-state index contributed by atoms with van der Waals surface area (Å²) in [5.74, 6) is 0.460. The molecular weight excluding hydrogens is 547 g/mol. The van der Waals surface area contributed by atoms with Crippen LogP contribution in [0.5, 0.6) is 11.5 Å². The number of anilines is 2. The maximum Gasteiger partial charge on any atom is 0.246 e. The zero-order chi connectivity index (χ0) is 28.1. The van der Waals surface area contributed by atoms with Gasteiger partial charge in [-0.25, -0.2) is 28.8 Å². The van der Waals surface area contributed by atoms with Crippen molar-refractivity contribution in [2.24, 2.45) is 0 Å². The molecule has 1 aromatic carbocycles. The van der Waals surface area contributed by atoms with Gasteiger partial charge in [-0.1, -0.05) is 18.2 Å². The maximum atomic E-state index is 15.4. The average Bonchev–Trinajstić information content (AvgIpc) is 3.57. The SMILES string of the molecule is C=CC(=O)N1C2CCC1CC(c1ccc3ncnc(Nc4ccc(Oc5ccn6ncnc6c5)c(Cl)c4F)c3n1)C2. The van der Waals surface area contributed by atoms with Gasteiger partial charge < -0.3 is 15.0 Å². The van der Waals surface area contributed by atoms with Crippen LogP contribution in [0.1, 0.15) is 37.3 Å². The molecule has 2 aliphatic heterocycles. The standard InChI is InChI=1S/C29H24ClFN8O2/c1-2-25(40)39-17-3-4-18(39)12-16(11-17)20-5-6-22-28(36-20)29(34-14-32-22)37-21-7-8-23(26(30)27(21)31)41-19-9-10-38-24(13-19)33-15-35-38/h2,5-10,13-18H,1,3-4,11-12H2,(H,32,34,37). The van der Waals surface area contributed by atoms with Gasteiger partial charge in [-0.2, -0.15) is 5.10 Å². The molecule has 2 fully saturated rings. The summed E-state index contributed by atoms with van der Waals surface area (Å²) in [7, 11) is 0. The lowest BCUT2D eigenvalue weighted by Crippen LogP contribution is -2.45. The van der Waals surface area contributed by atoms with E-state index in [-0.39, 0.29) is 40.4 Å². The second kappa shape index (κ2) is 10.1. The molecule has 0 radical (unpaired) electrons. The van der Waals surface area contributed by atoms with E-state index >= 15 is 4.39 Å². The van der Waals surface area contributed by atoms with Gasteiger partial charge in [0.2, 0.25) is 5.91 Å². The first-order valence-corrected chi connectivity index (χ1v) is 13.6. The molecule has 7 rings (SSSR count). The Balaban J connectivity index is 1.15. The number of halogens is 2. The molecule has 12 heteroatoms. The fourth-order valence-electron chi connectivity index (χ4n) is 5.98. The van der Waals surface area contributed by atoms with E-state index in [1.807, 2.05) is 17.0 Å². The van der Waals surface area contributed by atoms with E-state index in [0.29, 0.717) is 28.2 Å². The second-order valence-electron chi connectivity index (χ2n) is 10.2.